The smallest absolute Gasteiger partial charge is 0.264 e. The fourth-order valence-corrected chi connectivity index (χ4v) is 4.76. The average Bonchev–Trinajstić information content (AvgIpc) is 3.43. The number of anilines is 1. The SMILES string of the molecule is O=CCCCCCCCCn1cc(CCNc2cccc3c2C(=O)N(C2CCC(=O)NC2=O)C3=O)nn1. The van der Waals surface area contributed by atoms with Gasteiger partial charge >= 0.3 is 0 Å². The zero-order valence-corrected chi connectivity index (χ0v) is 20.8. The number of imide groups is 2. The number of aromatic nitrogens is 3. The molecule has 1 saturated heterocycles. The van der Waals surface area contributed by atoms with Gasteiger partial charge in [-0.15, -0.1) is 5.10 Å². The highest BCUT2D eigenvalue weighted by molar-refractivity contribution is 6.25. The van der Waals surface area contributed by atoms with Gasteiger partial charge in [-0.2, -0.15) is 0 Å². The molecule has 2 N–H and O–H groups in total. The summed E-state index contributed by atoms with van der Waals surface area (Å²) in [5.41, 5.74) is 1.83. The first kappa shape index (κ1) is 26.2. The Labute approximate surface area is 215 Å². The molecule has 1 aromatic heterocycles. The molecule has 3 heterocycles. The molecule has 0 bridgehead atoms. The lowest BCUT2D eigenvalue weighted by Crippen LogP contribution is -2.54. The molecule has 1 aromatic carbocycles. The van der Waals surface area contributed by atoms with E-state index in [4.69, 9.17) is 0 Å². The van der Waals surface area contributed by atoms with Gasteiger partial charge in [0.2, 0.25) is 11.8 Å². The molecule has 0 saturated carbocycles. The lowest BCUT2D eigenvalue weighted by molar-refractivity contribution is -0.136. The number of carbonyl (C=O) groups excluding carboxylic acids is 5. The number of nitrogens with one attached hydrogen (secondary N) is 2. The standard InChI is InChI=1S/C26H32N6O5/c33-16-7-5-3-1-2-4-6-15-31-17-18(29-30-31)13-14-27-20-10-8-9-19-23(20)26(37)32(25(19)36)21-11-12-22(34)28-24(21)35/h8-10,16-17,21,27H,1-7,11-15H2,(H,28,34,35). The number of aryl methyl sites for hydroxylation is 1. The maximum Gasteiger partial charge on any atom is 0.264 e. The summed E-state index contributed by atoms with van der Waals surface area (Å²) in [6.07, 6.45) is 10.8. The zero-order chi connectivity index (χ0) is 26.2. The lowest BCUT2D eigenvalue weighted by atomic mass is 10.0. The van der Waals surface area contributed by atoms with Crippen molar-refractivity contribution in [3.05, 3.63) is 41.2 Å². The largest absolute Gasteiger partial charge is 0.384 e. The summed E-state index contributed by atoms with van der Waals surface area (Å²) < 4.78 is 1.84. The third-order valence-electron chi connectivity index (χ3n) is 6.71. The van der Waals surface area contributed by atoms with Gasteiger partial charge in [0.05, 0.1) is 16.8 Å². The van der Waals surface area contributed by atoms with Gasteiger partial charge in [-0.25, -0.2) is 0 Å². The summed E-state index contributed by atoms with van der Waals surface area (Å²) in [6.45, 7) is 1.28. The highest BCUT2D eigenvalue weighted by atomic mass is 16.2. The second-order valence-corrected chi connectivity index (χ2v) is 9.40. The summed E-state index contributed by atoms with van der Waals surface area (Å²) in [7, 11) is 0. The minimum Gasteiger partial charge on any atom is -0.384 e. The van der Waals surface area contributed by atoms with E-state index in [9.17, 15) is 24.0 Å². The molecule has 2 aliphatic rings. The molecular formula is C26H32N6O5. The van der Waals surface area contributed by atoms with Gasteiger partial charge in [0.15, 0.2) is 0 Å². The van der Waals surface area contributed by atoms with Crippen LogP contribution in [0.1, 0.15) is 84.2 Å². The Bertz CT molecular complexity index is 1180. The van der Waals surface area contributed by atoms with Crippen LogP contribution in [0.4, 0.5) is 5.69 Å². The van der Waals surface area contributed by atoms with Gasteiger partial charge in [0.1, 0.15) is 12.3 Å². The Morgan fingerprint density at radius 2 is 1.81 bits per heavy atom. The first-order valence-electron chi connectivity index (χ1n) is 12.9. The number of hydrogen-bond donors (Lipinski definition) is 2. The van der Waals surface area contributed by atoms with Crippen LogP contribution >= 0.6 is 0 Å². The van der Waals surface area contributed by atoms with E-state index in [2.05, 4.69) is 20.9 Å². The molecule has 2 aliphatic heterocycles. The number of fused-ring (bicyclic) bond motifs is 1. The molecule has 0 radical (unpaired) electrons. The van der Waals surface area contributed by atoms with Crippen molar-refractivity contribution in [1.29, 1.82) is 0 Å². The van der Waals surface area contributed by atoms with Crippen LogP contribution in [0.15, 0.2) is 24.4 Å². The third kappa shape index (κ3) is 6.28. The Hall–Kier alpha value is -3.89. The molecule has 37 heavy (non-hydrogen) atoms. The van der Waals surface area contributed by atoms with Gasteiger partial charge < -0.3 is 10.1 Å². The first-order chi connectivity index (χ1) is 18.0. The quantitative estimate of drug-likeness (QED) is 0.225. The van der Waals surface area contributed by atoms with Gasteiger partial charge in [0.25, 0.3) is 11.8 Å². The molecule has 196 valence electrons. The second kappa shape index (κ2) is 12.4. The summed E-state index contributed by atoms with van der Waals surface area (Å²) >= 11 is 0. The molecule has 11 heteroatoms. The van der Waals surface area contributed by atoms with Crippen LogP contribution in [-0.2, 0) is 27.3 Å². The number of amides is 4. The fraction of sp³-hybridized carbons (Fsp3) is 0.500. The average molecular weight is 509 g/mol. The van der Waals surface area contributed by atoms with Crippen molar-refractivity contribution >= 4 is 35.6 Å². The predicted molar refractivity (Wildman–Crippen MR) is 134 cm³/mol. The molecule has 0 aliphatic carbocycles. The highest BCUT2D eigenvalue weighted by Gasteiger charge is 2.45. The maximum absolute atomic E-state index is 13.2. The van der Waals surface area contributed by atoms with Crippen molar-refractivity contribution in [2.45, 2.75) is 76.8 Å². The Kier molecular flexibility index (Phi) is 8.76. The number of unbranched alkanes of at least 4 members (excludes halogenated alkanes) is 6. The minimum atomic E-state index is -0.990. The summed E-state index contributed by atoms with van der Waals surface area (Å²) in [5.74, 6) is -2.09. The molecule has 1 unspecified atom stereocenters. The van der Waals surface area contributed by atoms with E-state index < -0.39 is 29.7 Å². The van der Waals surface area contributed by atoms with E-state index in [0.29, 0.717) is 25.1 Å². The van der Waals surface area contributed by atoms with E-state index in [1.807, 2.05) is 10.9 Å². The molecule has 1 atom stereocenters. The van der Waals surface area contributed by atoms with Crippen LogP contribution in [0.5, 0.6) is 0 Å². The number of aldehydes is 1. The molecule has 1 fully saturated rings. The normalized spacial score (nSPS) is 17.2. The van der Waals surface area contributed by atoms with E-state index >= 15 is 0 Å². The van der Waals surface area contributed by atoms with Crippen LogP contribution in [0.25, 0.3) is 0 Å². The molecule has 0 spiro atoms. The number of carbonyl (C=O) groups is 5. The predicted octanol–water partition coefficient (Wildman–Crippen LogP) is 2.26. The molecule has 2 aromatic rings. The van der Waals surface area contributed by atoms with E-state index in [0.717, 1.165) is 61.9 Å². The van der Waals surface area contributed by atoms with E-state index in [-0.39, 0.29) is 24.0 Å². The van der Waals surface area contributed by atoms with Crippen molar-refractivity contribution in [3.63, 3.8) is 0 Å². The van der Waals surface area contributed by atoms with Gasteiger partial charge in [-0.1, -0.05) is 37.0 Å². The van der Waals surface area contributed by atoms with Crippen molar-refractivity contribution in [3.8, 4) is 0 Å². The van der Waals surface area contributed by atoms with Crippen LogP contribution in [-0.4, -0.2) is 62.4 Å². The van der Waals surface area contributed by atoms with Crippen LogP contribution in [0, 0.1) is 0 Å². The van der Waals surface area contributed by atoms with Gasteiger partial charge in [-0.05, 0) is 31.4 Å². The number of nitrogens with zero attached hydrogens (tertiary/aromatic N) is 4. The maximum atomic E-state index is 13.2. The molecule has 4 amide bonds. The van der Waals surface area contributed by atoms with Crippen molar-refractivity contribution in [2.75, 3.05) is 11.9 Å². The number of piperidine rings is 1. The topological polar surface area (TPSA) is 143 Å². The molecular weight excluding hydrogens is 476 g/mol. The van der Waals surface area contributed by atoms with E-state index in [1.54, 1.807) is 18.2 Å². The second-order valence-electron chi connectivity index (χ2n) is 9.40. The monoisotopic (exact) mass is 508 g/mol. The van der Waals surface area contributed by atoms with Crippen molar-refractivity contribution in [1.82, 2.24) is 25.2 Å². The third-order valence-corrected chi connectivity index (χ3v) is 6.71. The zero-order valence-electron chi connectivity index (χ0n) is 20.8. The van der Waals surface area contributed by atoms with Gasteiger partial charge in [0, 0.05) is 44.2 Å². The summed E-state index contributed by atoms with van der Waals surface area (Å²) in [6, 6.07) is 4.01. The molecule has 4 rings (SSSR count). The van der Waals surface area contributed by atoms with Crippen molar-refractivity contribution < 1.29 is 24.0 Å². The van der Waals surface area contributed by atoms with Crippen LogP contribution in [0.2, 0.25) is 0 Å². The van der Waals surface area contributed by atoms with Crippen LogP contribution in [0.3, 0.4) is 0 Å². The number of hydrogen-bond acceptors (Lipinski definition) is 8. The Balaban J connectivity index is 1.26. The summed E-state index contributed by atoms with van der Waals surface area (Å²) in [5, 5.41) is 13.8. The number of benzene rings is 1. The Morgan fingerprint density at radius 3 is 2.59 bits per heavy atom. The fourth-order valence-electron chi connectivity index (χ4n) is 4.76. The summed E-state index contributed by atoms with van der Waals surface area (Å²) in [4.78, 5) is 61.2. The first-order valence-corrected chi connectivity index (χ1v) is 12.9. The van der Waals surface area contributed by atoms with E-state index in [1.165, 1.54) is 0 Å². The molecule has 11 nitrogen and oxygen atoms in total. The van der Waals surface area contributed by atoms with Crippen molar-refractivity contribution in [2.24, 2.45) is 0 Å². The van der Waals surface area contributed by atoms with Gasteiger partial charge in [-0.3, -0.25) is 34.1 Å². The number of rotatable bonds is 14. The Morgan fingerprint density at radius 1 is 1.03 bits per heavy atom. The highest BCUT2D eigenvalue weighted by Crippen LogP contribution is 2.32. The minimum absolute atomic E-state index is 0.0814. The lowest BCUT2D eigenvalue weighted by Gasteiger charge is -2.27. The van der Waals surface area contributed by atoms with Crippen LogP contribution < -0.4 is 10.6 Å².